The van der Waals surface area contributed by atoms with E-state index < -0.39 is 0 Å². The van der Waals surface area contributed by atoms with Gasteiger partial charge in [0.15, 0.2) is 0 Å². The summed E-state index contributed by atoms with van der Waals surface area (Å²) in [7, 11) is 0. The Morgan fingerprint density at radius 2 is 1.96 bits per heavy atom. The molecule has 0 fully saturated rings. The van der Waals surface area contributed by atoms with Gasteiger partial charge in [-0.3, -0.25) is 14.9 Å². The molecule has 0 radical (unpaired) electrons. The van der Waals surface area contributed by atoms with Crippen LogP contribution in [-0.4, -0.2) is 26.8 Å². The SMILES string of the molecule is CC(=NNC(=O)c1cc(-c2ccccc2Cl)n[nH]1)c1ccncc1. The lowest BCUT2D eigenvalue weighted by atomic mass is 10.1. The second-order valence-electron chi connectivity index (χ2n) is 5.02. The molecule has 120 valence electrons. The van der Waals surface area contributed by atoms with Crippen LogP contribution in [0, 0.1) is 0 Å². The molecular formula is C17H14ClN5O. The second-order valence-corrected chi connectivity index (χ2v) is 5.43. The molecule has 3 aromatic rings. The van der Waals surface area contributed by atoms with Crippen LogP contribution in [0.5, 0.6) is 0 Å². The summed E-state index contributed by atoms with van der Waals surface area (Å²) in [6.07, 6.45) is 3.34. The van der Waals surface area contributed by atoms with Crippen LogP contribution in [0.1, 0.15) is 23.0 Å². The minimum Gasteiger partial charge on any atom is -0.272 e. The fraction of sp³-hybridized carbons (Fsp3) is 0.0588. The van der Waals surface area contributed by atoms with Gasteiger partial charge < -0.3 is 0 Å². The molecule has 0 bridgehead atoms. The summed E-state index contributed by atoms with van der Waals surface area (Å²) in [6, 6.07) is 12.6. The third kappa shape index (κ3) is 3.49. The number of benzene rings is 1. The first-order chi connectivity index (χ1) is 11.6. The van der Waals surface area contributed by atoms with Crippen LogP contribution >= 0.6 is 11.6 Å². The Labute approximate surface area is 143 Å². The lowest BCUT2D eigenvalue weighted by molar-refractivity contribution is 0.0950. The van der Waals surface area contributed by atoms with Crippen molar-refractivity contribution in [1.82, 2.24) is 20.6 Å². The number of hydrogen-bond donors (Lipinski definition) is 2. The van der Waals surface area contributed by atoms with E-state index in [-0.39, 0.29) is 5.91 Å². The maximum Gasteiger partial charge on any atom is 0.289 e. The van der Waals surface area contributed by atoms with Crippen LogP contribution in [0.4, 0.5) is 0 Å². The highest BCUT2D eigenvalue weighted by atomic mass is 35.5. The average Bonchev–Trinajstić information content (AvgIpc) is 3.10. The molecule has 0 saturated heterocycles. The molecule has 1 amide bonds. The highest BCUT2D eigenvalue weighted by Gasteiger charge is 2.12. The van der Waals surface area contributed by atoms with Crippen LogP contribution in [-0.2, 0) is 0 Å². The molecule has 0 atom stereocenters. The number of pyridine rings is 1. The summed E-state index contributed by atoms with van der Waals surface area (Å²) in [5, 5.41) is 11.5. The third-order valence-electron chi connectivity index (χ3n) is 3.40. The Balaban J connectivity index is 1.74. The lowest BCUT2D eigenvalue weighted by Gasteiger charge is -2.01. The van der Waals surface area contributed by atoms with E-state index in [9.17, 15) is 4.79 Å². The van der Waals surface area contributed by atoms with Crippen LogP contribution < -0.4 is 5.43 Å². The molecule has 2 N–H and O–H groups in total. The summed E-state index contributed by atoms with van der Waals surface area (Å²) in [5.41, 5.74) is 5.71. The van der Waals surface area contributed by atoms with Crippen molar-refractivity contribution in [2.45, 2.75) is 6.92 Å². The van der Waals surface area contributed by atoms with Crippen LogP contribution in [0.2, 0.25) is 5.02 Å². The van der Waals surface area contributed by atoms with Gasteiger partial charge in [0.2, 0.25) is 0 Å². The Kier molecular flexibility index (Phi) is 4.67. The van der Waals surface area contributed by atoms with E-state index in [1.54, 1.807) is 31.5 Å². The van der Waals surface area contributed by atoms with Gasteiger partial charge in [0, 0.05) is 23.5 Å². The Hall–Kier alpha value is -2.99. The predicted octanol–water partition coefficient (Wildman–Crippen LogP) is 3.28. The number of aromatic amines is 1. The van der Waals surface area contributed by atoms with Crippen molar-refractivity contribution < 1.29 is 4.79 Å². The summed E-state index contributed by atoms with van der Waals surface area (Å²) in [4.78, 5) is 16.1. The number of aromatic nitrogens is 3. The highest BCUT2D eigenvalue weighted by molar-refractivity contribution is 6.33. The Morgan fingerprint density at radius 1 is 1.21 bits per heavy atom. The van der Waals surface area contributed by atoms with E-state index in [1.807, 2.05) is 30.3 Å². The van der Waals surface area contributed by atoms with Gasteiger partial charge in [-0.05, 0) is 31.2 Å². The van der Waals surface area contributed by atoms with Gasteiger partial charge in [-0.2, -0.15) is 10.2 Å². The summed E-state index contributed by atoms with van der Waals surface area (Å²) < 4.78 is 0. The standard InChI is InChI=1S/C17H14ClN5O/c1-11(12-6-8-19-9-7-12)20-23-17(24)16-10-15(21-22-16)13-4-2-3-5-14(13)18/h2-10H,1H3,(H,21,22)(H,23,24). The zero-order valence-electron chi connectivity index (χ0n) is 12.8. The van der Waals surface area contributed by atoms with E-state index in [2.05, 4.69) is 25.7 Å². The molecule has 0 aliphatic carbocycles. The summed E-state index contributed by atoms with van der Waals surface area (Å²) in [6.45, 7) is 1.80. The van der Waals surface area contributed by atoms with Crippen molar-refractivity contribution >= 4 is 23.2 Å². The number of carbonyl (C=O) groups excluding carboxylic acids is 1. The molecule has 0 aliphatic heterocycles. The fourth-order valence-corrected chi connectivity index (χ4v) is 2.33. The zero-order chi connectivity index (χ0) is 16.9. The number of carbonyl (C=O) groups is 1. The quantitative estimate of drug-likeness (QED) is 0.565. The van der Waals surface area contributed by atoms with E-state index in [1.165, 1.54) is 0 Å². The average molecular weight is 340 g/mol. The number of nitrogens with zero attached hydrogens (tertiary/aromatic N) is 3. The Bertz CT molecular complexity index is 889. The van der Waals surface area contributed by atoms with Crippen LogP contribution in [0.3, 0.4) is 0 Å². The highest BCUT2D eigenvalue weighted by Crippen LogP contribution is 2.26. The van der Waals surface area contributed by atoms with Gasteiger partial charge in [0.25, 0.3) is 5.91 Å². The fourth-order valence-electron chi connectivity index (χ4n) is 2.10. The van der Waals surface area contributed by atoms with E-state index in [0.717, 1.165) is 11.1 Å². The number of halogens is 1. The molecule has 7 heteroatoms. The smallest absolute Gasteiger partial charge is 0.272 e. The van der Waals surface area contributed by atoms with E-state index in [0.29, 0.717) is 22.1 Å². The van der Waals surface area contributed by atoms with Gasteiger partial charge in [-0.1, -0.05) is 29.8 Å². The predicted molar refractivity (Wildman–Crippen MR) is 92.9 cm³/mol. The topological polar surface area (TPSA) is 83.0 Å². The molecule has 6 nitrogen and oxygen atoms in total. The van der Waals surface area contributed by atoms with Gasteiger partial charge in [-0.25, -0.2) is 5.43 Å². The molecule has 1 aromatic carbocycles. The van der Waals surface area contributed by atoms with Crippen molar-refractivity contribution in [3.8, 4) is 11.3 Å². The van der Waals surface area contributed by atoms with E-state index >= 15 is 0 Å². The number of amides is 1. The second kappa shape index (κ2) is 7.06. The molecule has 24 heavy (non-hydrogen) atoms. The maximum atomic E-state index is 12.2. The zero-order valence-corrected chi connectivity index (χ0v) is 13.6. The molecule has 3 rings (SSSR count). The Morgan fingerprint density at radius 3 is 2.71 bits per heavy atom. The lowest BCUT2D eigenvalue weighted by Crippen LogP contribution is -2.19. The van der Waals surface area contributed by atoms with Crippen molar-refractivity contribution in [1.29, 1.82) is 0 Å². The van der Waals surface area contributed by atoms with Crippen molar-refractivity contribution in [2.24, 2.45) is 5.10 Å². The molecule has 2 aromatic heterocycles. The van der Waals surface area contributed by atoms with E-state index in [4.69, 9.17) is 11.6 Å². The normalized spacial score (nSPS) is 11.3. The molecule has 2 heterocycles. The number of hydrazone groups is 1. The van der Waals surface area contributed by atoms with Gasteiger partial charge in [0.05, 0.1) is 16.4 Å². The van der Waals surface area contributed by atoms with Gasteiger partial charge in [0.1, 0.15) is 5.69 Å². The molecule has 0 spiro atoms. The number of hydrogen-bond acceptors (Lipinski definition) is 4. The monoisotopic (exact) mass is 339 g/mol. The van der Waals surface area contributed by atoms with Crippen molar-refractivity contribution in [3.05, 3.63) is 71.1 Å². The first kappa shape index (κ1) is 15.9. The number of nitrogens with one attached hydrogen (secondary N) is 2. The minimum absolute atomic E-state index is 0.302. The maximum absolute atomic E-state index is 12.2. The number of H-pyrrole nitrogens is 1. The van der Waals surface area contributed by atoms with Crippen LogP contribution in [0.15, 0.2) is 60.0 Å². The third-order valence-corrected chi connectivity index (χ3v) is 3.73. The molecule has 0 unspecified atom stereocenters. The molecular weight excluding hydrogens is 326 g/mol. The van der Waals surface area contributed by atoms with Gasteiger partial charge in [-0.15, -0.1) is 0 Å². The first-order valence-corrected chi connectivity index (χ1v) is 7.58. The summed E-state index contributed by atoms with van der Waals surface area (Å²) in [5.74, 6) is -0.380. The first-order valence-electron chi connectivity index (χ1n) is 7.20. The number of rotatable bonds is 4. The molecule has 0 aliphatic rings. The van der Waals surface area contributed by atoms with Crippen LogP contribution in [0.25, 0.3) is 11.3 Å². The van der Waals surface area contributed by atoms with Crippen molar-refractivity contribution in [2.75, 3.05) is 0 Å². The molecule has 0 saturated carbocycles. The van der Waals surface area contributed by atoms with Gasteiger partial charge >= 0.3 is 0 Å². The largest absolute Gasteiger partial charge is 0.289 e. The minimum atomic E-state index is -0.380. The summed E-state index contributed by atoms with van der Waals surface area (Å²) >= 11 is 6.14. The van der Waals surface area contributed by atoms with Crippen molar-refractivity contribution in [3.63, 3.8) is 0 Å².